The first-order valence-corrected chi connectivity index (χ1v) is 6.13. The number of carbonyl (C=O) groups is 1. The first-order valence-electron chi connectivity index (χ1n) is 6.13. The predicted octanol–water partition coefficient (Wildman–Crippen LogP) is 3.51. The van der Waals surface area contributed by atoms with E-state index < -0.39 is 12.1 Å². The quantitative estimate of drug-likeness (QED) is 0.910. The molecule has 0 aliphatic heterocycles. The van der Waals surface area contributed by atoms with Crippen LogP contribution in [0, 0.1) is 6.92 Å². The van der Waals surface area contributed by atoms with Crippen molar-refractivity contribution in [2.24, 2.45) is 0 Å². The van der Waals surface area contributed by atoms with Crippen LogP contribution in [-0.4, -0.2) is 17.2 Å². The minimum Gasteiger partial charge on any atom is -0.479 e. The summed E-state index contributed by atoms with van der Waals surface area (Å²) in [4.78, 5) is 10.7. The molecule has 0 heterocycles. The number of aliphatic carboxylic acids is 1. The molecular formula is C16H16O3. The summed E-state index contributed by atoms with van der Waals surface area (Å²) >= 11 is 0. The molecule has 0 amide bonds. The van der Waals surface area contributed by atoms with Crippen molar-refractivity contribution in [1.82, 2.24) is 0 Å². The second kappa shape index (κ2) is 5.57. The van der Waals surface area contributed by atoms with Gasteiger partial charge in [-0.15, -0.1) is 0 Å². The van der Waals surface area contributed by atoms with Gasteiger partial charge in [-0.1, -0.05) is 42.0 Å². The Morgan fingerprint density at radius 1 is 1.00 bits per heavy atom. The SMILES string of the molecule is Cc1ccc(-c2ccc(O[C@H](C)C(=O)O)cc2)cc1. The van der Waals surface area contributed by atoms with Gasteiger partial charge in [0, 0.05) is 0 Å². The van der Waals surface area contributed by atoms with Gasteiger partial charge in [-0.25, -0.2) is 4.79 Å². The Hall–Kier alpha value is -2.29. The average Bonchev–Trinajstić information content (AvgIpc) is 2.40. The van der Waals surface area contributed by atoms with Crippen molar-refractivity contribution in [3.63, 3.8) is 0 Å². The zero-order valence-corrected chi connectivity index (χ0v) is 11.0. The van der Waals surface area contributed by atoms with E-state index in [1.165, 1.54) is 12.5 Å². The van der Waals surface area contributed by atoms with Crippen LogP contribution in [0.3, 0.4) is 0 Å². The van der Waals surface area contributed by atoms with Crippen LogP contribution in [0.1, 0.15) is 12.5 Å². The van der Waals surface area contributed by atoms with Crippen LogP contribution < -0.4 is 4.74 Å². The van der Waals surface area contributed by atoms with Gasteiger partial charge in [-0.05, 0) is 37.1 Å². The zero-order chi connectivity index (χ0) is 13.8. The molecule has 1 atom stereocenters. The summed E-state index contributed by atoms with van der Waals surface area (Å²) in [6.07, 6.45) is -0.842. The van der Waals surface area contributed by atoms with E-state index in [-0.39, 0.29) is 0 Å². The Morgan fingerprint density at radius 3 is 1.95 bits per heavy atom. The van der Waals surface area contributed by atoms with Crippen LogP contribution in [0.2, 0.25) is 0 Å². The van der Waals surface area contributed by atoms with E-state index in [0.717, 1.165) is 11.1 Å². The predicted molar refractivity (Wildman–Crippen MR) is 74.3 cm³/mol. The summed E-state index contributed by atoms with van der Waals surface area (Å²) in [7, 11) is 0. The van der Waals surface area contributed by atoms with Crippen LogP contribution in [0.15, 0.2) is 48.5 Å². The molecule has 3 heteroatoms. The maximum atomic E-state index is 10.7. The monoisotopic (exact) mass is 256 g/mol. The third kappa shape index (κ3) is 3.35. The van der Waals surface area contributed by atoms with Crippen LogP contribution in [0.5, 0.6) is 5.75 Å². The number of rotatable bonds is 4. The summed E-state index contributed by atoms with van der Waals surface area (Å²) in [5.41, 5.74) is 3.43. The third-order valence-corrected chi connectivity index (χ3v) is 2.90. The topological polar surface area (TPSA) is 46.5 Å². The van der Waals surface area contributed by atoms with Crippen molar-refractivity contribution >= 4 is 5.97 Å². The summed E-state index contributed by atoms with van der Waals surface area (Å²) in [5, 5.41) is 8.78. The minimum absolute atomic E-state index is 0.561. The summed E-state index contributed by atoms with van der Waals surface area (Å²) < 4.78 is 5.29. The number of ether oxygens (including phenoxy) is 1. The normalized spacial score (nSPS) is 11.9. The number of carboxylic acids is 1. The van der Waals surface area contributed by atoms with E-state index in [9.17, 15) is 4.79 Å². The molecule has 98 valence electrons. The van der Waals surface area contributed by atoms with Crippen molar-refractivity contribution in [3.05, 3.63) is 54.1 Å². The van der Waals surface area contributed by atoms with Gasteiger partial charge in [0.25, 0.3) is 0 Å². The Labute approximate surface area is 112 Å². The summed E-state index contributed by atoms with van der Waals surface area (Å²) in [6, 6.07) is 15.7. The Kier molecular flexibility index (Phi) is 3.85. The van der Waals surface area contributed by atoms with Gasteiger partial charge in [-0.2, -0.15) is 0 Å². The molecule has 0 saturated carbocycles. The summed E-state index contributed by atoms with van der Waals surface area (Å²) in [6.45, 7) is 3.56. The lowest BCUT2D eigenvalue weighted by molar-refractivity contribution is -0.144. The highest BCUT2D eigenvalue weighted by atomic mass is 16.5. The molecule has 2 rings (SSSR count). The molecule has 0 bridgehead atoms. The van der Waals surface area contributed by atoms with Crippen LogP contribution >= 0.6 is 0 Å². The molecule has 0 unspecified atom stereocenters. The molecule has 0 radical (unpaired) electrons. The van der Waals surface area contributed by atoms with Crippen molar-refractivity contribution in [2.75, 3.05) is 0 Å². The smallest absolute Gasteiger partial charge is 0.344 e. The number of aryl methyl sites for hydroxylation is 1. The standard InChI is InChI=1S/C16H16O3/c1-11-3-5-13(6-4-11)14-7-9-15(10-8-14)19-12(2)16(17)18/h3-10,12H,1-2H3,(H,17,18)/t12-/m1/s1. The zero-order valence-electron chi connectivity index (χ0n) is 11.0. The Bertz CT molecular complexity index is 556. The van der Waals surface area contributed by atoms with Crippen molar-refractivity contribution in [1.29, 1.82) is 0 Å². The van der Waals surface area contributed by atoms with Gasteiger partial charge in [0.1, 0.15) is 5.75 Å². The van der Waals surface area contributed by atoms with Crippen LogP contribution in [0.25, 0.3) is 11.1 Å². The second-order valence-electron chi connectivity index (χ2n) is 4.49. The molecule has 0 aromatic heterocycles. The van der Waals surface area contributed by atoms with E-state index in [4.69, 9.17) is 9.84 Å². The molecule has 3 nitrogen and oxygen atoms in total. The van der Waals surface area contributed by atoms with E-state index in [1.54, 1.807) is 12.1 Å². The molecule has 0 fully saturated rings. The van der Waals surface area contributed by atoms with Gasteiger partial charge in [0.15, 0.2) is 6.10 Å². The maximum Gasteiger partial charge on any atom is 0.344 e. The number of hydrogen-bond acceptors (Lipinski definition) is 2. The molecule has 2 aromatic rings. The van der Waals surface area contributed by atoms with Gasteiger partial charge in [-0.3, -0.25) is 0 Å². The first kappa shape index (κ1) is 13.1. The molecule has 2 aromatic carbocycles. The second-order valence-corrected chi connectivity index (χ2v) is 4.49. The Morgan fingerprint density at radius 2 is 1.47 bits per heavy atom. The Balaban J connectivity index is 2.14. The van der Waals surface area contributed by atoms with Gasteiger partial charge >= 0.3 is 5.97 Å². The maximum absolute atomic E-state index is 10.7. The highest BCUT2D eigenvalue weighted by Crippen LogP contribution is 2.23. The van der Waals surface area contributed by atoms with E-state index in [2.05, 4.69) is 24.3 Å². The number of benzene rings is 2. The van der Waals surface area contributed by atoms with Gasteiger partial charge in [0.2, 0.25) is 0 Å². The highest BCUT2D eigenvalue weighted by Gasteiger charge is 2.12. The highest BCUT2D eigenvalue weighted by molar-refractivity contribution is 5.72. The van der Waals surface area contributed by atoms with E-state index in [1.807, 2.05) is 19.1 Å². The fraction of sp³-hybridized carbons (Fsp3) is 0.188. The van der Waals surface area contributed by atoms with Crippen LogP contribution in [-0.2, 0) is 4.79 Å². The average molecular weight is 256 g/mol. The van der Waals surface area contributed by atoms with E-state index >= 15 is 0 Å². The number of hydrogen-bond donors (Lipinski definition) is 1. The molecular weight excluding hydrogens is 240 g/mol. The molecule has 0 aliphatic carbocycles. The van der Waals surface area contributed by atoms with Crippen molar-refractivity contribution in [3.8, 4) is 16.9 Å². The molecule has 0 aliphatic rings. The van der Waals surface area contributed by atoms with Crippen molar-refractivity contribution < 1.29 is 14.6 Å². The van der Waals surface area contributed by atoms with Gasteiger partial charge in [0.05, 0.1) is 0 Å². The fourth-order valence-corrected chi connectivity index (χ4v) is 1.73. The summed E-state index contributed by atoms with van der Waals surface area (Å²) in [5.74, 6) is -0.409. The molecule has 0 spiro atoms. The van der Waals surface area contributed by atoms with Gasteiger partial charge < -0.3 is 9.84 Å². The largest absolute Gasteiger partial charge is 0.479 e. The molecule has 1 N–H and O–H groups in total. The fourth-order valence-electron chi connectivity index (χ4n) is 1.73. The lowest BCUT2D eigenvalue weighted by Crippen LogP contribution is -2.22. The third-order valence-electron chi connectivity index (χ3n) is 2.90. The van der Waals surface area contributed by atoms with Crippen LogP contribution in [0.4, 0.5) is 0 Å². The first-order chi connectivity index (χ1) is 9.06. The van der Waals surface area contributed by atoms with E-state index in [0.29, 0.717) is 5.75 Å². The lowest BCUT2D eigenvalue weighted by Gasteiger charge is -2.10. The number of carboxylic acid groups (broad SMARTS) is 1. The molecule has 19 heavy (non-hydrogen) atoms. The lowest BCUT2D eigenvalue weighted by atomic mass is 10.0. The van der Waals surface area contributed by atoms with Crippen molar-refractivity contribution in [2.45, 2.75) is 20.0 Å². The minimum atomic E-state index is -0.970. The molecule has 0 saturated heterocycles.